The molecule has 19 heavy (non-hydrogen) atoms. The molecule has 2 nitrogen and oxygen atoms in total. The molecule has 1 N–H and O–H groups in total. The van der Waals surface area contributed by atoms with Gasteiger partial charge in [-0.15, -0.1) is 0 Å². The first kappa shape index (κ1) is 14.4. The van der Waals surface area contributed by atoms with Crippen molar-refractivity contribution >= 4 is 0 Å². The molecule has 1 saturated carbocycles. The molecule has 106 valence electrons. The minimum atomic E-state index is 0.682. The summed E-state index contributed by atoms with van der Waals surface area (Å²) in [6.45, 7) is 3.25. The van der Waals surface area contributed by atoms with Gasteiger partial charge < -0.3 is 10.1 Å². The Bertz CT molecular complexity index is 377. The van der Waals surface area contributed by atoms with Crippen molar-refractivity contribution < 1.29 is 4.74 Å². The second kappa shape index (κ2) is 7.54. The van der Waals surface area contributed by atoms with Crippen molar-refractivity contribution in [2.24, 2.45) is 5.92 Å². The molecule has 0 aromatic heterocycles. The monoisotopic (exact) mass is 261 g/mol. The van der Waals surface area contributed by atoms with Gasteiger partial charge >= 0.3 is 0 Å². The van der Waals surface area contributed by atoms with Crippen LogP contribution in [0.1, 0.15) is 51.0 Å². The van der Waals surface area contributed by atoms with Gasteiger partial charge in [-0.2, -0.15) is 0 Å². The Balaban J connectivity index is 1.84. The third-order valence-electron chi connectivity index (χ3n) is 4.44. The number of ether oxygens (including phenoxy) is 1. The Morgan fingerprint density at radius 1 is 1.16 bits per heavy atom. The van der Waals surface area contributed by atoms with Crippen molar-refractivity contribution in [3.63, 3.8) is 0 Å². The Hall–Kier alpha value is -1.02. The molecular formula is C17H27NO. The van der Waals surface area contributed by atoms with Crippen molar-refractivity contribution in [2.75, 3.05) is 7.11 Å². The Morgan fingerprint density at radius 3 is 2.79 bits per heavy atom. The summed E-state index contributed by atoms with van der Waals surface area (Å²) in [5, 5.41) is 3.72. The minimum absolute atomic E-state index is 0.682. The molecule has 0 radical (unpaired) electrons. The van der Waals surface area contributed by atoms with Crippen LogP contribution < -0.4 is 10.1 Å². The highest BCUT2D eigenvalue weighted by molar-refractivity contribution is 5.33. The first-order chi connectivity index (χ1) is 9.33. The molecule has 2 unspecified atom stereocenters. The molecule has 0 spiro atoms. The number of methoxy groups -OCH3 is 1. The van der Waals surface area contributed by atoms with E-state index in [0.717, 1.165) is 18.2 Å². The van der Waals surface area contributed by atoms with Crippen LogP contribution in [0.2, 0.25) is 0 Å². The molecule has 2 heteroatoms. The van der Waals surface area contributed by atoms with Crippen molar-refractivity contribution in [3.8, 4) is 5.75 Å². The maximum absolute atomic E-state index is 5.40. The van der Waals surface area contributed by atoms with Crippen LogP contribution >= 0.6 is 0 Å². The molecule has 1 aliphatic carbocycles. The van der Waals surface area contributed by atoms with Gasteiger partial charge in [0.2, 0.25) is 0 Å². The highest BCUT2D eigenvalue weighted by Gasteiger charge is 2.17. The molecule has 1 fully saturated rings. The van der Waals surface area contributed by atoms with Gasteiger partial charge in [0.25, 0.3) is 0 Å². The van der Waals surface area contributed by atoms with E-state index in [-0.39, 0.29) is 0 Å². The van der Waals surface area contributed by atoms with Gasteiger partial charge in [-0.05, 0) is 31.2 Å². The summed E-state index contributed by atoms with van der Waals surface area (Å²) >= 11 is 0. The summed E-state index contributed by atoms with van der Waals surface area (Å²) in [7, 11) is 1.75. The molecule has 0 amide bonds. The SMILES string of the molecule is CCC1CCCC(NCc2ccccc2OC)CC1. The van der Waals surface area contributed by atoms with Gasteiger partial charge in [-0.3, -0.25) is 0 Å². The lowest BCUT2D eigenvalue weighted by molar-refractivity contribution is 0.398. The van der Waals surface area contributed by atoms with E-state index in [4.69, 9.17) is 4.74 Å². The average Bonchev–Trinajstić information content (AvgIpc) is 2.70. The van der Waals surface area contributed by atoms with Crippen LogP contribution in [0.5, 0.6) is 5.75 Å². The predicted molar refractivity (Wildman–Crippen MR) is 80.5 cm³/mol. The van der Waals surface area contributed by atoms with Crippen molar-refractivity contribution in [1.82, 2.24) is 5.32 Å². The zero-order valence-electron chi connectivity index (χ0n) is 12.3. The number of rotatable bonds is 5. The smallest absolute Gasteiger partial charge is 0.123 e. The van der Waals surface area contributed by atoms with E-state index in [9.17, 15) is 0 Å². The van der Waals surface area contributed by atoms with Crippen LogP contribution in [-0.2, 0) is 6.54 Å². The quantitative estimate of drug-likeness (QED) is 0.804. The lowest BCUT2D eigenvalue weighted by Crippen LogP contribution is -2.28. The van der Waals surface area contributed by atoms with Crippen LogP contribution in [0.3, 0.4) is 0 Å². The average molecular weight is 261 g/mol. The van der Waals surface area contributed by atoms with Crippen LogP contribution in [0.4, 0.5) is 0 Å². The molecule has 2 rings (SSSR count). The van der Waals surface area contributed by atoms with E-state index in [0.29, 0.717) is 6.04 Å². The van der Waals surface area contributed by atoms with Crippen LogP contribution in [0, 0.1) is 5.92 Å². The fraction of sp³-hybridized carbons (Fsp3) is 0.647. The third-order valence-corrected chi connectivity index (χ3v) is 4.44. The lowest BCUT2D eigenvalue weighted by Gasteiger charge is -2.17. The van der Waals surface area contributed by atoms with Gasteiger partial charge in [0.15, 0.2) is 0 Å². The molecular weight excluding hydrogens is 234 g/mol. The highest BCUT2D eigenvalue weighted by Crippen LogP contribution is 2.26. The standard InChI is InChI=1S/C17H27NO/c1-3-14-7-6-9-16(12-11-14)18-13-15-8-4-5-10-17(15)19-2/h4-5,8,10,14,16,18H,3,6-7,9,11-13H2,1-2H3. The zero-order chi connectivity index (χ0) is 13.5. The zero-order valence-corrected chi connectivity index (χ0v) is 12.3. The summed E-state index contributed by atoms with van der Waals surface area (Å²) in [4.78, 5) is 0. The molecule has 1 aromatic rings. The van der Waals surface area contributed by atoms with E-state index in [1.807, 2.05) is 12.1 Å². The normalized spacial score (nSPS) is 23.9. The van der Waals surface area contributed by atoms with E-state index in [2.05, 4.69) is 24.4 Å². The first-order valence-electron chi connectivity index (χ1n) is 7.68. The maximum atomic E-state index is 5.40. The van der Waals surface area contributed by atoms with Gasteiger partial charge in [-0.25, -0.2) is 0 Å². The van der Waals surface area contributed by atoms with Gasteiger partial charge in [0, 0.05) is 18.2 Å². The maximum Gasteiger partial charge on any atom is 0.123 e. The van der Waals surface area contributed by atoms with E-state index in [1.54, 1.807) is 7.11 Å². The van der Waals surface area contributed by atoms with Crippen molar-refractivity contribution in [1.29, 1.82) is 0 Å². The van der Waals surface area contributed by atoms with E-state index >= 15 is 0 Å². The number of benzene rings is 1. The summed E-state index contributed by atoms with van der Waals surface area (Å²) < 4.78 is 5.40. The molecule has 2 atom stereocenters. The first-order valence-corrected chi connectivity index (χ1v) is 7.68. The number of hydrogen-bond donors (Lipinski definition) is 1. The van der Waals surface area contributed by atoms with Crippen LogP contribution in [0.25, 0.3) is 0 Å². The van der Waals surface area contributed by atoms with Crippen LogP contribution in [-0.4, -0.2) is 13.2 Å². The summed E-state index contributed by atoms with van der Waals surface area (Å²) in [5.41, 5.74) is 1.27. The van der Waals surface area contributed by atoms with Crippen molar-refractivity contribution in [2.45, 2.75) is 58.0 Å². The van der Waals surface area contributed by atoms with Gasteiger partial charge in [0.05, 0.1) is 7.11 Å². The Kier molecular flexibility index (Phi) is 5.71. The summed E-state index contributed by atoms with van der Waals surface area (Å²) in [6, 6.07) is 8.98. The molecule has 1 aliphatic rings. The Morgan fingerprint density at radius 2 is 2.00 bits per heavy atom. The van der Waals surface area contributed by atoms with Gasteiger partial charge in [-0.1, -0.05) is 44.4 Å². The topological polar surface area (TPSA) is 21.3 Å². The van der Waals surface area contributed by atoms with E-state index < -0.39 is 0 Å². The molecule has 0 aliphatic heterocycles. The predicted octanol–water partition coefficient (Wildman–Crippen LogP) is 4.14. The molecule has 0 bridgehead atoms. The van der Waals surface area contributed by atoms with Crippen LogP contribution in [0.15, 0.2) is 24.3 Å². The molecule has 1 aromatic carbocycles. The number of nitrogens with one attached hydrogen (secondary N) is 1. The lowest BCUT2D eigenvalue weighted by atomic mass is 9.98. The number of hydrogen-bond acceptors (Lipinski definition) is 2. The molecule has 0 saturated heterocycles. The van der Waals surface area contributed by atoms with E-state index in [1.165, 1.54) is 44.1 Å². The largest absolute Gasteiger partial charge is 0.496 e. The summed E-state index contributed by atoms with van der Waals surface area (Å²) in [6.07, 6.45) is 8.18. The van der Waals surface area contributed by atoms with Gasteiger partial charge in [0.1, 0.15) is 5.75 Å². The minimum Gasteiger partial charge on any atom is -0.496 e. The Labute approximate surface area is 117 Å². The highest BCUT2D eigenvalue weighted by atomic mass is 16.5. The fourth-order valence-corrected chi connectivity index (χ4v) is 3.09. The third kappa shape index (κ3) is 4.24. The second-order valence-corrected chi connectivity index (χ2v) is 5.67. The summed E-state index contributed by atoms with van der Waals surface area (Å²) in [5.74, 6) is 1.95. The second-order valence-electron chi connectivity index (χ2n) is 5.67. The fourth-order valence-electron chi connectivity index (χ4n) is 3.09. The molecule has 0 heterocycles. The van der Waals surface area contributed by atoms with Crippen molar-refractivity contribution in [3.05, 3.63) is 29.8 Å². The number of para-hydroxylation sites is 1.